The molecule has 1 fully saturated rings. The molecule has 2 aromatic rings. The monoisotopic (exact) mass is 330 g/mol. The summed E-state index contributed by atoms with van der Waals surface area (Å²) in [6, 6.07) is 3.68. The van der Waals surface area contributed by atoms with E-state index in [1.54, 1.807) is 36.9 Å². The lowest BCUT2D eigenvalue weighted by Crippen LogP contribution is -2.48. The van der Waals surface area contributed by atoms with Crippen molar-refractivity contribution in [3.63, 3.8) is 0 Å². The zero-order valence-electron chi connectivity index (χ0n) is 12.6. The molecule has 1 atom stereocenters. The molecule has 0 spiro atoms. The molecule has 0 radical (unpaired) electrons. The molecule has 0 unspecified atom stereocenters. The van der Waals surface area contributed by atoms with E-state index in [1.807, 2.05) is 0 Å². The van der Waals surface area contributed by atoms with Crippen LogP contribution in [0.15, 0.2) is 42.1 Å². The summed E-state index contributed by atoms with van der Waals surface area (Å²) < 4.78 is 0. The van der Waals surface area contributed by atoms with Crippen LogP contribution in [-0.2, 0) is 4.79 Å². The number of nitrogens with one attached hydrogen (secondary N) is 1. The van der Waals surface area contributed by atoms with E-state index in [0.717, 1.165) is 31.9 Å². The summed E-state index contributed by atoms with van der Waals surface area (Å²) >= 11 is 1.34. The van der Waals surface area contributed by atoms with Crippen LogP contribution in [0.2, 0.25) is 0 Å². The normalized spacial score (nSPS) is 17.7. The molecule has 0 aliphatic carbocycles. The van der Waals surface area contributed by atoms with E-state index < -0.39 is 0 Å². The Kier molecular flexibility index (Phi) is 5.36. The zero-order chi connectivity index (χ0) is 15.9. The Bertz CT molecular complexity index is 626. The van der Waals surface area contributed by atoms with Gasteiger partial charge in [-0.15, -0.1) is 0 Å². The number of nitrogens with zero attached hydrogens (tertiary/aromatic N) is 5. The molecule has 1 aliphatic rings. The first-order valence-electron chi connectivity index (χ1n) is 7.52. The van der Waals surface area contributed by atoms with Gasteiger partial charge < -0.3 is 10.2 Å². The van der Waals surface area contributed by atoms with Gasteiger partial charge in [-0.05, 0) is 25.0 Å². The van der Waals surface area contributed by atoms with Gasteiger partial charge in [-0.1, -0.05) is 11.8 Å². The highest BCUT2D eigenvalue weighted by atomic mass is 32.2. The third-order valence-corrected chi connectivity index (χ3v) is 4.37. The van der Waals surface area contributed by atoms with Crippen molar-refractivity contribution in [3.05, 3.63) is 36.9 Å². The van der Waals surface area contributed by atoms with Crippen molar-refractivity contribution < 1.29 is 4.79 Å². The lowest BCUT2D eigenvalue weighted by Gasteiger charge is -2.33. The van der Waals surface area contributed by atoms with Crippen molar-refractivity contribution in [3.8, 4) is 0 Å². The van der Waals surface area contributed by atoms with Gasteiger partial charge in [0.15, 0.2) is 5.16 Å². The standard InChI is InChI=1S/C15H18N6OS/c22-13(11-23-15-18-7-3-8-19-15)20-12-4-1-9-21(10-12)14-16-5-2-6-17-14/h2-3,5-8,12H,1,4,9-11H2,(H,20,22)/t12-/m1/s1. The first-order chi connectivity index (χ1) is 11.3. The van der Waals surface area contributed by atoms with Crippen LogP contribution in [0.5, 0.6) is 0 Å². The van der Waals surface area contributed by atoms with Gasteiger partial charge in [-0.2, -0.15) is 0 Å². The first-order valence-corrected chi connectivity index (χ1v) is 8.51. The fraction of sp³-hybridized carbons (Fsp3) is 0.400. The number of hydrogen-bond acceptors (Lipinski definition) is 7. The molecule has 1 saturated heterocycles. The maximum atomic E-state index is 12.1. The Morgan fingerprint density at radius 1 is 1.17 bits per heavy atom. The molecule has 3 heterocycles. The Balaban J connectivity index is 1.48. The average Bonchev–Trinajstić information content (AvgIpc) is 2.62. The summed E-state index contributed by atoms with van der Waals surface area (Å²) in [5.41, 5.74) is 0. The zero-order valence-corrected chi connectivity index (χ0v) is 13.4. The number of hydrogen-bond donors (Lipinski definition) is 1. The Morgan fingerprint density at radius 2 is 1.87 bits per heavy atom. The molecule has 1 N–H and O–H groups in total. The van der Waals surface area contributed by atoms with Crippen molar-refractivity contribution >= 4 is 23.6 Å². The topological polar surface area (TPSA) is 83.9 Å². The number of thioether (sulfide) groups is 1. The third-order valence-electron chi connectivity index (χ3n) is 3.50. The van der Waals surface area contributed by atoms with Gasteiger partial charge in [-0.3, -0.25) is 4.79 Å². The predicted molar refractivity (Wildman–Crippen MR) is 88.2 cm³/mol. The van der Waals surface area contributed by atoms with Crippen molar-refractivity contribution in [2.45, 2.75) is 24.0 Å². The molecular weight excluding hydrogens is 312 g/mol. The quantitative estimate of drug-likeness (QED) is 0.650. The van der Waals surface area contributed by atoms with E-state index in [2.05, 4.69) is 30.2 Å². The van der Waals surface area contributed by atoms with Crippen LogP contribution in [0.1, 0.15) is 12.8 Å². The van der Waals surface area contributed by atoms with Crippen LogP contribution in [0.25, 0.3) is 0 Å². The van der Waals surface area contributed by atoms with Gasteiger partial charge >= 0.3 is 0 Å². The molecular formula is C15H18N6OS. The van der Waals surface area contributed by atoms with Gasteiger partial charge in [-0.25, -0.2) is 19.9 Å². The maximum absolute atomic E-state index is 12.1. The molecule has 1 aliphatic heterocycles. The lowest BCUT2D eigenvalue weighted by atomic mass is 10.1. The fourth-order valence-electron chi connectivity index (χ4n) is 2.49. The number of piperidine rings is 1. The van der Waals surface area contributed by atoms with Crippen LogP contribution in [-0.4, -0.2) is 50.7 Å². The number of amides is 1. The van der Waals surface area contributed by atoms with E-state index in [9.17, 15) is 4.79 Å². The Labute approximate surface area is 139 Å². The molecule has 7 nitrogen and oxygen atoms in total. The largest absolute Gasteiger partial charge is 0.351 e. The summed E-state index contributed by atoms with van der Waals surface area (Å²) in [7, 11) is 0. The Morgan fingerprint density at radius 3 is 2.61 bits per heavy atom. The maximum Gasteiger partial charge on any atom is 0.230 e. The van der Waals surface area contributed by atoms with Crippen molar-refractivity contribution in [2.24, 2.45) is 0 Å². The SMILES string of the molecule is O=C(CSc1ncccn1)N[C@@H]1CCCN(c2ncccn2)C1. The number of aromatic nitrogens is 4. The van der Waals surface area contributed by atoms with Gasteiger partial charge in [0.25, 0.3) is 0 Å². The first kappa shape index (κ1) is 15.7. The highest BCUT2D eigenvalue weighted by molar-refractivity contribution is 7.99. The predicted octanol–water partition coefficient (Wildman–Crippen LogP) is 1.14. The minimum atomic E-state index is 0.00304. The van der Waals surface area contributed by atoms with E-state index in [1.165, 1.54) is 11.8 Å². The highest BCUT2D eigenvalue weighted by Gasteiger charge is 2.22. The fourth-order valence-corrected chi connectivity index (χ4v) is 3.10. The molecule has 23 heavy (non-hydrogen) atoms. The average molecular weight is 330 g/mol. The molecule has 8 heteroatoms. The van der Waals surface area contributed by atoms with Crippen LogP contribution in [0.3, 0.4) is 0 Å². The third kappa shape index (κ3) is 4.62. The van der Waals surface area contributed by atoms with Crippen LogP contribution < -0.4 is 10.2 Å². The molecule has 2 aromatic heterocycles. The van der Waals surface area contributed by atoms with E-state index in [0.29, 0.717) is 10.9 Å². The summed E-state index contributed by atoms with van der Waals surface area (Å²) in [6.07, 6.45) is 8.81. The van der Waals surface area contributed by atoms with Crippen LogP contribution >= 0.6 is 11.8 Å². The number of rotatable bonds is 5. The second-order valence-corrected chi connectivity index (χ2v) is 6.16. The summed E-state index contributed by atoms with van der Waals surface area (Å²) in [5, 5.41) is 3.69. The minimum absolute atomic E-state index is 0.00304. The molecule has 120 valence electrons. The van der Waals surface area contributed by atoms with Gasteiger partial charge in [0, 0.05) is 43.9 Å². The van der Waals surface area contributed by atoms with Crippen LogP contribution in [0, 0.1) is 0 Å². The second kappa shape index (κ2) is 7.87. The van der Waals surface area contributed by atoms with E-state index >= 15 is 0 Å². The lowest BCUT2D eigenvalue weighted by molar-refractivity contribution is -0.119. The second-order valence-electron chi connectivity index (χ2n) is 5.22. The number of anilines is 1. The van der Waals surface area contributed by atoms with Crippen molar-refractivity contribution in [1.82, 2.24) is 25.3 Å². The highest BCUT2D eigenvalue weighted by Crippen LogP contribution is 2.16. The molecule has 0 saturated carbocycles. The summed E-state index contributed by atoms with van der Waals surface area (Å²) in [5.74, 6) is 1.05. The minimum Gasteiger partial charge on any atom is -0.351 e. The number of carbonyl (C=O) groups is 1. The Hall–Kier alpha value is -2.22. The smallest absolute Gasteiger partial charge is 0.230 e. The van der Waals surface area contributed by atoms with E-state index in [-0.39, 0.29) is 11.9 Å². The summed E-state index contributed by atoms with van der Waals surface area (Å²) in [4.78, 5) is 30.9. The van der Waals surface area contributed by atoms with E-state index in [4.69, 9.17) is 0 Å². The molecule has 1 amide bonds. The molecule has 0 aromatic carbocycles. The van der Waals surface area contributed by atoms with Gasteiger partial charge in [0.1, 0.15) is 0 Å². The number of carbonyl (C=O) groups excluding carboxylic acids is 1. The van der Waals surface area contributed by atoms with Crippen molar-refractivity contribution in [1.29, 1.82) is 0 Å². The van der Waals surface area contributed by atoms with Crippen molar-refractivity contribution in [2.75, 3.05) is 23.7 Å². The van der Waals surface area contributed by atoms with Gasteiger partial charge in [0.2, 0.25) is 11.9 Å². The van der Waals surface area contributed by atoms with Gasteiger partial charge in [0.05, 0.1) is 5.75 Å². The molecule has 0 bridgehead atoms. The van der Waals surface area contributed by atoms with Crippen LogP contribution in [0.4, 0.5) is 5.95 Å². The molecule has 3 rings (SSSR count). The summed E-state index contributed by atoms with van der Waals surface area (Å²) in [6.45, 7) is 1.66.